The molecule has 0 bridgehead atoms. The Morgan fingerprint density at radius 2 is 1.94 bits per heavy atom. The minimum Gasteiger partial charge on any atom is -0.493 e. The molecule has 0 radical (unpaired) electrons. The zero-order valence-electron chi connectivity index (χ0n) is 17.4. The van der Waals surface area contributed by atoms with Gasteiger partial charge in [0, 0.05) is 5.38 Å². The Morgan fingerprint density at radius 1 is 1.19 bits per heavy atom. The summed E-state index contributed by atoms with van der Waals surface area (Å²) in [5.41, 5.74) is 6.95. The predicted molar refractivity (Wildman–Crippen MR) is 114 cm³/mol. The van der Waals surface area contributed by atoms with Gasteiger partial charge in [0.25, 0.3) is 11.8 Å². The van der Waals surface area contributed by atoms with Gasteiger partial charge in [0.15, 0.2) is 11.5 Å². The van der Waals surface area contributed by atoms with Crippen molar-refractivity contribution >= 4 is 34.1 Å². The molecule has 2 N–H and O–H groups in total. The molecule has 0 spiro atoms. The van der Waals surface area contributed by atoms with E-state index in [0.29, 0.717) is 17.1 Å². The zero-order chi connectivity index (χ0) is 22.1. The fraction of sp³-hybridized carbons (Fsp3) is 0.409. The normalized spacial score (nSPS) is 17.0. The molecule has 1 aliphatic heterocycles. The first-order valence-corrected chi connectivity index (χ1v) is 11.0. The molecular weight excluding hydrogens is 420 g/mol. The number of methoxy groups -OCH3 is 2. The highest BCUT2D eigenvalue weighted by Gasteiger charge is 2.44. The fourth-order valence-electron chi connectivity index (χ4n) is 4.15. The van der Waals surface area contributed by atoms with Crippen LogP contribution in [0, 0.1) is 0 Å². The van der Waals surface area contributed by atoms with Crippen LogP contribution in [0.5, 0.6) is 11.5 Å². The van der Waals surface area contributed by atoms with E-state index in [9.17, 15) is 14.4 Å². The predicted octanol–water partition coefficient (Wildman–Crippen LogP) is 3.56. The Labute approximate surface area is 183 Å². The highest BCUT2D eigenvalue weighted by molar-refractivity contribution is 7.14. The number of fused-ring (bicyclic) bond motifs is 1. The van der Waals surface area contributed by atoms with Crippen LogP contribution in [0.2, 0.25) is 0 Å². The van der Waals surface area contributed by atoms with Gasteiger partial charge in [-0.15, -0.1) is 11.3 Å². The summed E-state index contributed by atoms with van der Waals surface area (Å²) < 4.78 is 16.4. The average Bonchev–Trinajstić information content (AvgIpc) is 3.47. The van der Waals surface area contributed by atoms with E-state index in [0.717, 1.165) is 41.9 Å². The van der Waals surface area contributed by atoms with Gasteiger partial charge < -0.3 is 19.9 Å². The fourth-order valence-corrected chi connectivity index (χ4v) is 4.93. The Balaban J connectivity index is 1.72. The van der Waals surface area contributed by atoms with Crippen LogP contribution < -0.4 is 15.2 Å². The minimum atomic E-state index is -0.860. The van der Waals surface area contributed by atoms with E-state index in [2.05, 4.69) is 0 Å². The molecule has 8 nitrogen and oxygen atoms in total. The molecule has 2 aromatic rings. The average molecular weight is 445 g/mol. The number of imide groups is 1. The third-order valence-electron chi connectivity index (χ3n) is 5.77. The largest absolute Gasteiger partial charge is 0.493 e. The van der Waals surface area contributed by atoms with Crippen molar-refractivity contribution in [2.24, 2.45) is 0 Å². The molecule has 1 saturated carbocycles. The van der Waals surface area contributed by atoms with E-state index in [1.807, 2.05) is 0 Å². The summed E-state index contributed by atoms with van der Waals surface area (Å²) in [5.74, 6) is -0.455. The van der Waals surface area contributed by atoms with Crippen molar-refractivity contribution in [2.75, 3.05) is 20.0 Å². The van der Waals surface area contributed by atoms with Gasteiger partial charge >= 0.3 is 5.97 Å². The number of ether oxygens (including phenoxy) is 3. The molecule has 1 aromatic heterocycles. The number of hydrogen-bond donors (Lipinski definition) is 1. The summed E-state index contributed by atoms with van der Waals surface area (Å²) in [6.45, 7) is 0. The van der Waals surface area contributed by atoms with E-state index >= 15 is 0 Å². The second kappa shape index (κ2) is 8.58. The lowest BCUT2D eigenvalue weighted by atomic mass is 10.0. The maximum atomic E-state index is 13.1. The molecule has 31 heavy (non-hydrogen) atoms. The highest BCUT2D eigenvalue weighted by atomic mass is 32.1. The minimum absolute atomic E-state index is 0.0877. The summed E-state index contributed by atoms with van der Waals surface area (Å²) in [4.78, 5) is 39.4. The van der Waals surface area contributed by atoms with E-state index < -0.39 is 23.8 Å². The smallest absolute Gasteiger partial charge is 0.307 e. The number of thiophene rings is 1. The van der Waals surface area contributed by atoms with E-state index in [1.165, 1.54) is 7.11 Å². The van der Waals surface area contributed by atoms with Crippen LogP contribution in [0.4, 0.5) is 5.00 Å². The number of rotatable bonds is 7. The molecule has 0 saturated heterocycles. The number of esters is 1. The second-order valence-corrected chi connectivity index (χ2v) is 8.51. The van der Waals surface area contributed by atoms with Crippen LogP contribution in [0.25, 0.3) is 0 Å². The maximum absolute atomic E-state index is 13.1. The van der Waals surface area contributed by atoms with Crippen LogP contribution in [0.1, 0.15) is 64.4 Å². The molecule has 1 unspecified atom stereocenters. The molecule has 1 aromatic carbocycles. The molecule has 2 amide bonds. The van der Waals surface area contributed by atoms with Crippen LogP contribution in [-0.2, 0) is 9.53 Å². The SMILES string of the molecule is COC(=O)CC(c1ccc(OC)c(OC2CCCC2)c1)N1C(=O)c2csc(N)c2C1=O. The van der Waals surface area contributed by atoms with Crippen LogP contribution >= 0.6 is 11.3 Å². The Hall–Kier alpha value is -3.07. The summed E-state index contributed by atoms with van der Waals surface area (Å²) in [6.07, 6.45) is 4.04. The van der Waals surface area contributed by atoms with Crippen LogP contribution in [0.15, 0.2) is 23.6 Å². The van der Waals surface area contributed by atoms with E-state index in [4.69, 9.17) is 19.9 Å². The lowest BCUT2D eigenvalue weighted by molar-refractivity contribution is -0.141. The molecule has 9 heteroatoms. The number of amides is 2. The molecule has 164 valence electrons. The number of nitrogen functional groups attached to an aromatic ring is 1. The monoisotopic (exact) mass is 444 g/mol. The van der Waals surface area contributed by atoms with Gasteiger partial charge in [-0.1, -0.05) is 6.07 Å². The molecule has 2 heterocycles. The quantitative estimate of drug-likeness (QED) is 0.514. The zero-order valence-corrected chi connectivity index (χ0v) is 18.2. The van der Waals surface area contributed by atoms with Crippen molar-refractivity contribution in [1.82, 2.24) is 4.90 Å². The van der Waals surface area contributed by atoms with Gasteiger partial charge in [-0.05, 0) is 43.4 Å². The van der Waals surface area contributed by atoms with Crippen LogP contribution in [0.3, 0.4) is 0 Å². The summed E-state index contributed by atoms with van der Waals surface area (Å²) in [5, 5.41) is 1.86. The van der Waals surface area contributed by atoms with E-state index in [1.54, 1.807) is 30.7 Å². The third kappa shape index (κ3) is 3.85. The highest BCUT2D eigenvalue weighted by Crippen LogP contribution is 2.41. The first kappa shape index (κ1) is 21.2. The molecular formula is C22H24N2O6S. The van der Waals surface area contributed by atoms with Gasteiger partial charge in [-0.2, -0.15) is 0 Å². The summed E-state index contributed by atoms with van der Waals surface area (Å²) in [6, 6.07) is 4.32. The van der Waals surface area contributed by atoms with Gasteiger partial charge in [0.1, 0.15) is 0 Å². The summed E-state index contributed by atoms with van der Waals surface area (Å²) in [7, 11) is 2.82. The number of hydrogen-bond acceptors (Lipinski definition) is 8. The molecule has 1 fully saturated rings. The Morgan fingerprint density at radius 3 is 2.58 bits per heavy atom. The van der Waals surface area contributed by atoms with Crippen LogP contribution in [-0.4, -0.2) is 43.0 Å². The van der Waals surface area contributed by atoms with E-state index in [-0.39, 0.29) is 28.7 Å². The van der Waals surface area contributed by atoms with Gasteiger partial charge in [-0.3, -0.25) is 19.3 Å². The number of nitrogens with two attached hydrogens (primary N) is 1. The molecule has 4 rings (SSSR count). The first-order chi connectivity index (χ1) is 14.9. The lowest BCUT2D eigenvalue weighted by Crippen LogP contribution is -2.35. The van der Waals surface area contributed by atoms with Crippen molar-refractivity contribution in [2.45, 2.75) is 44.2 Å². The number of anilines is 1. The second-order valence-electron chi connectivity index (χ2n) is 7.60. The van der Waals surface area contributed by atoms with Gasteiger partial charge in [0.2, 0.25) is 0 Å². The molecule has 1 atom stereocenters. The Kier molecular flexibility index (Phi) is 5.86. The van der Waals surface area contributed by atoms with Crippen molar-refractivity contribution in [3.05, 3.63) is 40.3 Å². The standard InChI is InChI=1S/C22H24N2O6S/c1-28-16-8-7-12(9-17(16)30-13-5-3-4-6-13)15(10-18(25)29-2)24-21(26)14-11-31-20(23)19(14)22(24)27/h7-9,11,13,15H,3-6,10,23H2,1-2H3. The lowest BCUT2D eigenvalue weighted by Gasteiger charge is -2.27. The van der Waals surface area contributed by atoms with Gasteiger partial charge in [-0.25, -0.2) is 0 Å². The van der Waals surface area contributed by atoms with Crippen molar-refractivity contribution in [3.63, 3.8) is 0 Å². The number of benzene rings is 1. The topological polar surface area (TPSA) is 108 Å². The molecule has 2 aliphatic rings. The van der Waals surface area contributed by atoms with Crippen molar-refractivity contribution in [3.8, 4) is 11.5 Å². The van der Waals surface area contributed by atoms with Crippen molar-refractivity contribution in [1.29, 1.82) is 0 Å². The van der Waals surface area contributed by atoms with Gasteiger partial charge in [0.05, 0.1) is 48.9 Å². The maximum Gasteiger partial charge on any atom is 0.307 e. The Bertz CT molecular complexity index is 1030. The number of nitrogens with zero attached hydrogens (tertiary/aromatic N) is 1. The number of carbonyl (C=O) groups is 3. The number of carbonyl (C=O) groups excluding carboxylic acids is 3. The third-order valence-corrected chi connectivity index (χ3v) is 6.58. The summed E-state index contributed by atoms with van der Waals surface area (Å²) >= 11 is 1.15. The molecule has 1 aliphatic carbocycles. The first-order valence-electron chi connectivity index (χ1n) is 10.1. The van der Waals surface area contributed by atoms with Crippen molar-refractivity contribution < 1.29 is 28.6 Å².